The first kappa shape index (κ1) is 23.6. The maximum Gasteiger partial charge on any atom is 0.273 e. The Morgan fingerprint density at radius 2 is 1.82 bits per heavy atom. The zero-order chi connectivity index (χ0) is 24.1. The van der Waals surface area contributed by atoms with Gasteiger partial charge in [-0.15, -0.1) is 0 Å². The number of hydrogen-bond donors (Lipinski definition) is 2. The van der Waals surface area contributed by atoms with Crippen LogP contribution in [0.2, 0.25) is 0 Å². The zero-order valence-electron chi connectivity index (χ0n) is 18.8. The Labute approximate surface area is 196 Å². The Hall–Kier alpha value is -3.59. The molecule has 34 heavy (non-hydrogen) atoms. The quantitative estimate of drug-likeness (QED) is 0.542. The summed E-state index contributed by atoms with van der Waals surface area (Å²) in [7, 11) is 0. The second-order valence-electron chi connectivity index (χ2n) is 8.51. The normalized spacial score (nSPS) is 14.7. The molecule has 0 bridgehead atoms. The maximum absolute atomic E-state index is 13.9. The molecular weight excluding hydrogens is 442 g/mol. The number of amides is 2. The lowest BCUT2D eigenvalue weighted by Crippen LogP contribution is -2.38. The van der Waals surface area contributed by atoms with Crippen molar-refractivity contribution >= 4 is 17.5 Å². The van der Waals surface area contributed by atoms with E-state index in [0.29, 0.717) is 12.5 Å². The van der Waals surface area contributed by atoms with E-state index >= 15 is 0 Å². The van der Waals surface area contributed by atoms with Crippen molar-refractivity contribution in [3.05, 3.63) is 71.4 Å². The van der Waals surface area contributed by atoms with Crippen LogP contribution in [-0.2, 0) is 11.3 Å². The third-order valence-corrected chi connectivity index (χ3v) is 5.88. The lowest BCUT2D eigenvalue weighted by molar-refractivity contribution is -0.114. The number of anilines is 1. The molecule has 0 aliphatic carbocycles. The van der Waals surface area contributed by atoms with Crippen molar-refractivity contribution in [2.75, 3.05) is 25.0 Å². The van der Waals surface area contributed by atoms with Crippen LogP contribution < -0.4 is 10.6 Å². The highest BCUT2D eigenvalue weighted by molar-refractivity contribution is 5.93. The van der Waals surface area contributed by atoms with Gasteiger partial charge in [0.2, 0.25) is 5.91 Å². The summed E-state index contributed by atoms with van der Waals surface area (Å²) in [6, 6.07) is 12.3. The van der Waals surface area contributed by atoms with E-state index in [1.54, 1.807) is 0 Å². The van der Waals surface area contributed by atoms with E-state index in [2.05, 4.69) is 20.7 Å². The van der Waals surface area contributed by atoms with Gasteiger partial charge in [0.1, 0.15) is 11.6 Å². The molecule has 0 spiro atoms. The Balaban J connectivity index is 1.22. The van der Waals surface area contributed by atoms with Crippen molar-refractivity contribution in [1.29, 1.82) is 0 Å². The molecule has 178 valence electrons. The van der Waals surface area contributed by atoms with Gasteiger partial charge in [0.15, 0.2) is 11.5 Å². The number of carbonyl (C=O) groups excluding carboxylic acids is 2. The summed E-state index contributed by atoms with van der Waals surface area (Å²) in [5.41, 5.74) is 2.07. The van der Waals surface area contributed by atoms with E-state index in [4.69, 9.17) is 4.52 Å². The van der Waals surface area contributed by atoms with Crippen LogP contribution in [0, 0.1) is 17.6 Å². The lowest BCUT2D eigenvalue weighted by Gasteiger charge is -2.32. The van der Waals surface area contributed by atoms with Gasteiger partial charge in [0, 0.05) is 37.8 Å². The summed E-state index contributed by atoms with van der Waals surface area (Å²) in [6.07, 6.45) is 1.91. The molecule has 0 atom stereocenters. The second-order valence-corrected chi connectivity index (χ2v) is 8.51. The lowest BCUT2D eigenvalue weighted by atomic mass is 9.96. The number of hydrogen-bond acceptors (Lipinski definition) is 5. The Bertz CT molecular complexity index is 1160. The molecule has 0 unspecified atom stereocenters. The molecule has 2 N–H and O–H groups in total. The predicted molar refractivity (Wildman–Crippen MR) is 123 cm³/mol. The van der Waals surface area contributed by atoms with Crippen LogP contribution in [0.3, 0.4) is 0 Å². The fourth-order valence-corrected chi connectivity index (χ4v) is 4.03. The molecule has 2 heterocycles. The number of benzene rings is 2. The fourth-order valence-electron chi connectivity index (χ4n) is 4.03. The van der Waals surface area contributed by atoms with Crippen LogP contribution >= 0.6 is 0 Å². The minimum Gasteiger partial charge on any atom is -0.355 e. The molecule has 2 aromatic carbocycles. The first-order chi connectivity index (χ1) is 16.4. The number of nitrogens with zero attached hydrogens (tertiary/aromatic N) is 2. The van der Waals surface area contributed by atoms with Gasteiger partial charge in [-0.3, -0.25) is 14.5 Å². The minimum absolute atomic E-state index is 0.0464. The average molecular weight is 469 g/mol. The van der Waals surface area contributed by atoms with Crippen molar-refractivity contribution in [2.45, 2.75) is 26.3 Å². The number of nitrogens with one attached hydrogen (secondary N) is 2. The number of halogens is 2. The smallest absolute Gasteiger partial charge is 0.273 e. The summed E-state index contributed by atoms with van der Waals surface area (Å²) in [6.45, 7) is 4.68. The van der Waals surface area contributed by atoms with Gasteiger partial charge in [-0.1, -0.05) is 17.3 Å². The SMILES string of the molecule is CC(=O)Nc1ccc(CN2CCC(CNC(=O)c3cc(-c4ccc(F)cc4F)on3)CC2)cc1. The first-order valence-corrected chi connectivity index (χ1v) is 11.2. The van der Waals surface area contributed by atoms with Gasteiger partial charge in [0.25, 0.3) is 5.91 Å². The van der Waals surface area contributed by atoms with Gasteiger partial charge in [-0.05, 0) is 61.7 Å². The Morgan fingerprint density at radius 3 is 2.50 bits per heavy atom. The number of rotatable bonds is 7. The van der Waals surface area contributed by atoms with Crippen molar-refractivity contribution in [3.8, 4) is 11.3 Å². The predicted octanol–water partition coefficient (Wildman–Crippen LogP) is 4.22. The molecule has 0 radical (unpaired) electrons. The first-order valence-electron chi connectivity index (χ1n) is 11.2. The molecule has 1 aliphatic heterocycles. The highest BCUT2D eigenvalue weighted by Gasteiger charge is 2.21. The number of carbonyl (C=O) groups is 2. The molecule has 9 heteroatoms. The summed E-state index contributed by atoms with van der Waals surface area (Å²) < 4.78 is 32.1. The molecule has 1 saturated heterocycles. The van der Waals surface area contributed by atoms with E-state index < -0.39 is 11.6 Å². The van der Waals surface area contributed by atoms with E-state index in [-0.39, 0.29) is 28.8 Å². The molecule has 0 saturated carbocycles. The number of likely N-dealkylation sites (tertiary alicyclic amines) is 1. The Morgan fingerprint density at radius 1 is 1.09 bits per heavy atom. The van der Waals surface area contributed by atoms with Crippen molar-refractivity contribution in [2.24, 2.45) is 5.92 Å². The van der Waals surface area contributed by atoms with Crippen LogP contribution in [0.15, 0.2) is 53.1 Å². The van der Waals surface area contributed by atoms with E-state index in [0.717, 1.165) is 50.3 Å². The second kappa shape index (κ2) is 10.6. The van der Waals surface area contributed by atoms with E-state index in [1.807, 2.05) is 24.3 Å². The van der Waals surface area contributed by atoms with Gasteiger partial charge in [-0.2, -0.15) is 0 Å². The largest absolute Gasteiger partial charge is 0.355 e. The third kappa shape index (κ3) is 6.05. The topological polar surface area (TPSA) is 87.5 Å². The summed E-state index contributed by atoms with van der Waals surface area (Å²) in [5, 5.41) is 9.36. The van der Waals surface area contributed by atoms with E-state index in [9.17, 15) is 18.4 Å². The summed E-state index contributed by atoms with van der Waals surface area (Å²) >= 11 is 0. The minimum atomic E-state index is -0.779. The van der Waals surface area contributed by atoms with Crippen LogP contribution in [0.5, 0.6) is 0 Å². The van der Waals surface area contributed by atoms with Gasteiger partial charge in [-0.25, -0.2) is 8.78 Å². The van der Waals surface area contributed by atoms with Crippen LogP contribution in [0.1, 0.15) is 35.8 Å². The maximum atomic E-state index is 13.9. The van der Waals surface area contributed by atoms with E-state index in [1.165, 1.54) is 24.6 Å². The molecule has 1 aliphatic rings. The van der Waals surface area contributed by atoms with Gasteiger partial charge < -0.3 is 15.2 Å². The van der Waals surface area contributed by atoms with Crippen molar-refractivity contribution < 1.29 is 22.9 Å². The van der Waals surface area contributed by atoms with Gasteiger partial charge >= 0.3 is 0 Å². The monoisotopic (exact) mass is 468 g/mol. The summed E-state index contributed by atoms with van der Waals surface area (Å²) in [5.74, 6) is -1.53. The standard InChI is InChI=1S/C25H26F2N4O3/c1-16(32)29-20-5-2-18(3-6-20)15-31-10-8-17(9-11-31)14-28-25(33)23-13-24(34-30-23)21-7-4-19(26)12-22(21)27/h2-7,12-13,17H,8-11,14-15H2,1H3,(H,28,33)(H,29,32). The zero-order valence-corrected chi connectivity index (χ0v) is 18.8. The number of piperidine rings is 1. The molecule has 2 amide bonds. The van der Waals surface area contributed by atoms with Crippen molar-refractivity contribution in [1.82, 2.24) is 15.4 Å². The summed E-state index contributed by atoms with van der Waals surface area (Å²) in [4.78, 5) is 25.9. The molecule has 4 rings (SSSR count). The van der Waals surface area contributed by atoms with Crippen LogP contribution in [-0.4, -0.2) is 41.5 Å². The number of aromatic nitrogens is 1. The molecule has 1 aromatic heterocycles. The Kier molecular flexibility index (Phi) is 7.32. The van der Waals surface area contributed by atoms with Crippen LogP contribution in [0.4, 0.5) is 14.5 Å². The molecule has 1 fully saturated rings. The van der Waals surface area contributed by atoms with Crippen LogP contribution in [0.25, 0.3) is 11.3 Å². The average Bonchev–Trinajstić information content (AvgIpc) is 3.29. The van der Waals surface area contributed by atoms with Gasteiger partial charge in [0.05, 0.1) is 5.56 Å². The fraction of sp³-hybridized carbons (Fsp3) is 0.320. The molecular formula is C25H26F2N4O3. The highest BCUT2D eigenvalue weighted by atomic mass is 19.1. The third-order valence-electron chi connectivity index (χ3n) is 5.88. The molecule has 7 nitrogen and oxygen atoms in total. The highest BCUT2D eigenvalue weighted by Crippen LogP contribution is 2.24. The van der Waals surface area contributed by atoms with Crippen molar-refractivity contribution in [3.63, 3.8) is 0 Å². The molecule has 3 aromatic rings.